The summed E-state index contributed by atoms with van der Waals surface area (Å²) >= 11 is 29.9. The molecule has 2 aromatic rings. The minimum absolute atomic E-state index is 0.141. The first-order valence-corrected chi connectivity index (χ1v) is 16.1. The molecule has 0 N–H and O–H groups in total. The van der Waals surface area contributed by atoms with Gasteiger partial charge in [-0.25, -0.2) is 4.79 Å². The van der Waals surface area contributed by atoms with Crippen LogP contribution in [0.2, 0.25) is 25.1 Å². The average Bonchev–Trinajstić information content (AvgIpc) is 2.95. The maximum absolute atomic E-state index is 15.6. The third-order valence-corrected chi connectivity index (χ3v) is 9.51. The zero-order valence-corrected chi connectivity index (χ0v) is 29.3. The Morgan fingerprint density at radius 3 is 1.53 bits per heavy atom. The zero-order valence-electron chi connectivity index (χ0n) is 24.6. The Kier molecular flexibility index (Phi) is 13.3. The highest BCUT2D eigenvalue weighted by atomic mass is 35.5. The monoisotopic (exact) mass is 752 g/mol. The molecule has 0 radical (unpaired) electrons. The molecule has 45 heavy (non-hydrogen) atoms. The lowest BCUT2D eigenvalue weighted by molar-refractivity contribution is -0.163. The Bertz CT molecular complexity index is 1450. The van der Waals surface area contributed by atoms with Crippen molar-refractivity contribution in [2.45, 2.75) is 47.2 Å². The molecule has 0 aliphatic rings. The van der Waals surface area contributed by atoms with Crippen molar-refractivity contribution in [1.29, 1.82) is 0 Å². The molecule has 0 fully saturated rings. The van der Waals surface area contributed by atoms with Gasteiger partial charge in [-0.2, -0.15) is 8.78 Å². The van der Waals surface area contributed by atoms with Crippen LogP contribution in [-0.2, 0) is 43.1 Å². The van der Waals surface area contributed by atoms with Crippen molar-refractivity contribution in [2.24, 2.45) is 10.8 Å². The standard InChI is InChI=1S/C28H28Cl5F2O9P/c1-26(2,3)24(37)40-13-42-45(39,43-14-41-25(38)27(4,5)6)28(34,35)16-10-7-15(8-11-16)9-12-17(36)44-23-21(32)19(30)18(29)20(31)22(23)33/h7-12H,13-14H2,1-6H3/b12-9+. The molecule has 0 heterocycles. The van der Waals surface area contributed by atoms with Gasteiger partial charge in [0.1, 0.15) is 10.0 Å². The van der Waals surface area contributed by atoms with Crippen molar-refractivity contribution in [3.8, 4) is 5.75 Å². The predicted molar refractivity (Wildman–Crippen MR) is 167 cm³/mol. The predicted octanol–water partition coefficient (Wildman–Crippen LogP) is 9.94. The summed E-state index contributed by atoms with van der Waals surface area (Å²) in [6.45, 7) is 6.77. The molecule has 0 spiro atoms. The highest BCUT2D eigenvalue weighted by molar-refractivity contribution is 7.54. The fourth-order valence-corrected chi connectivity index (χ4v) is 5.30. The quantitative estimate of drug-likeness (QED) is 0.0421. The summed E-state index contributed by atoms with van der Waals surface area (Å²) in [6.07, 6.45) is 2.14. The molecule has 0 saturated heterocycles. The highest BCUT2D eigenvalue weighted by Crippen LogP contribution is 2.67. The number of hydrogen-bond donors (Lipinski definition) is 0. The number of ether oxygens (including phenoxy) is 3. The summed E-state index contributed by atoms with van der Waals surface area (Å²) in [4.78, 5) is 36.5. The number of hydrogen-bond acceptors (Lipinski definition) is 9. The van der Waals surface area contributed by atoms with Crippen LogP contribution in [0.3, 0.4) is 0 Å². The maximum atomic E-state index is 15.6. The van der Waals surface area contributed by atoms with E-state index in [0.717, 1.165) is 30.3 Å². The molecule has 0 aliphatic carbocycles. The van der Waals surface area contributed by atoms with Crippen molar-refractivity contribution in [2.75, 3.05) is 13.6 Å². The van der Waals surface area contributed by atoms with E-state index in [-0.39, 0.29) is 36.4 Å². The zero-order chi connectivity index (χ0) is 34.5. The minimum atomic E-state index is -5.50. The van der Waals surface area contributed by atoms with Gasteiger partial charge in [0.05, 0.1) is 25.9 Å². The Morgan fingerprint density at radius 2 is 1.13 bits per heavy atom. The number of carbonyl (C=O) groups excluding carboxylic acids is 3. The second-order valence-electron chi connectivity index (χ2n) is 11.2. The van der Waals surface area contributed by atoms with Gasteiger partial charge < -0.3 is 14.2 Å². The Morgan fingerprint density at radius 1 is 0.733 bits per heavy atom. The first-order valence-electron chi connectivity index (χ1n) is 12.7. The largest absolute Gasteiger partial charge is 0.438 e. The topological polar surface area (TPSA) is 114 Å². The van der Waals surface area contributed by atoms with Gasteiger partial charge in [0.15, 0.2) is 5.75 Å². The second kappa shape index (κ2) is 15.3. The second-order valence-corrected chi connectivity index (χ2v) is 15.1. The van der Waals surface area contributed by atoms with Crippen LogP contribution in [0.1, 0.15) is 52.7 Å². The molecule has 2 rings (SSSR count). The van der Waals surface area contributed by atoms with Gasteiger partial charge in [-0.1, -0.05) is 82.3 Å². The van der Waals surface area contributed by atoms with E-state index in [9.17, 15) is 18.9 Å². The van der Waals surface area contributed by atoms with Gasteiger partial charge in [0, 0.05) is 11.6 Å². The Labute approximate surface area is 283 Å². The highest BCUT2D eigenvalue weighted by Gasteiger charge is 2.56. The number of esters is 3. The van der Waals surface area contributed by atoms with Crippen molar-refractivity contribution in [3.63, 3.8) is 0 Å². The van der Waals surface area contributed by atoms with E-state index in [1.807, 2.05) is 0 Å². The number of benzene rings is 2. The Balaban J connectivity index is 2.26. The molecule has 0 bridgehead atoms. The fourth-order valence-electron chi connectivity index (χ4n) is 2.86. The molecule has 0 aliphatic heterocycles. The van der Waals surface area contributed by atoms with E-state index in [1.165, 1.54) is 47.6 Å². The summed E-state index contributed by atoms with van der Waals surface area (Å²) < 4.78 is 69.0. The molecule has 17 heteroatoms. The van der Waals surface area contributed by atoms with Crippen LogP contribution < -0.4 is 4.74 Å². The lowest BCUT2D eigenvalue weighted by Gasteiger charge is -2.27. The van der Waals surface area contributed by atoms with Gasteiger partial charge >= 0.3 is 31.2 Å². The maximum Gasteiger partial charge on any atom is 0.410 e. The first-order chi connectivity index (χ1) is 20.5. The van der Waals surface area contributed by atoms with E-state index in [0.29, 0.717) is 0 Å². The van der Waals surface area contributed by atoms with E-state index >= 15 is 8.78 Å². The molecule has 0 saturated carbocycles. The number of rotatable bonds is 11. The van der Waals surface area contributed by atoms with Crippen LogP contribution in [0.15, 0.2) is 30.3 Å². The SMILES string of the molecule is CC(C)(C)C(=O)OCOP(=O)(OCOC(=O)C(C)(C)C)C(F)(F)c1ccc(/C=C/C(=O)Oc2c(Cl)c(Cl)c(Cl)c(Cl)c2Cl)cc1. The fraction of sp³-hybridized carbons (Fsp3) is 0.393. The molecule has 0 unspecified atom stereocenters. The summed E-state index contributed by atoms with van der Waals surface area (Å²) in [5.74, 6) is -2.97. The first kappa shape index (κ1) is 39.2. The van der Waals surface area contributed by atoms with Crippen LogP contribution in [0, 0.1) is 10.8 Å². The number of halogens is 7. The minimum Gasteiger partial charge on any atom is -0.438 e. The van der Waals surface area contributed by atoms with Crippen LogP contribution >= 0.6 is 65.6 Å². The van der Waals surface area contributed by atoms with Crippen molar-refractivity contribution < 1.29 is 51.0 Å². The summed E-state index contributed by atoms with van der Waals surface area (Å²) in [6, 6.07) is 4.09. The third-order valence-electron chi connectivity index (χ3n) is 5.44. The Hall–Kier alpha value is -1.95. The summed E-state index contributed by atoms with van der Waals surface area (Å²) in [5, 5.41) is -1.06. The number of carbonyl (C=O) groups is 3. The lowest BCUT2D eigenvalue weighted by Crippen LogP contribution is -2.27. The normalized spacial score (nSPS) is 12.7. The van der Waals surface area contributed by atoms with Crippen LogP contribution in [0.5, 0.6) is 5.75 Å². The van der Waals surface area contributed by atoms with E-state index in [1.54, 1.807) is 0 Å². The smallest absolute Gasteiger partial charge is 0.410 e. The molecule has 2 aromatic carbocycles. The van der Waals surface area contributed by atoms with Crippen LogP contribution in [0.25, 0.3) is 6.08 Å². The van der Waals surface area contributed by atoms with Gasteiger partial charge in [-0.3, -0.25) is 23.2 Å². The molecular formula is C28H28Cl5F2O9P. The van der Waals surface area contributed by atoms with Gasteiger partial charge in [-0.15, -0.1) is 0 Å². The van der Waals surface area contributed by atoms with Crippen molar-refractivity contribution >= 4 is 89.6 Å². The van der Waals surface area contributed by atoms with Crippen LogP contribution in [-0.4, -0.2) is 31.5 Å². The van der Waals surface area contributed by atoms with Gasteiger partial charge in [0.2, 0.25) is 13.6 Å². The van der Waals surface area contributed by atoms with Crippen LogP contribution in [0.4, 0.5) is 8.78 Å². The molecule has 0 atom stereocenters. The molecule has 248 valence electrons. The third kappa shape index (κ3) is 10.0. The van der Waals surface area contributed by atoms with E-state index < -0.39 is 61.1 Å². The molecule has 9 nitrogen and oxygen atoms in total. The molecular weight excluding hydrogens is 727 g/mol. The molecule has 0 amide bonds. The lowest BCUT2D eigenvalue weighted by atomic mass is 9.98. The van der Waals surface area contributed by atoms with Crippen molar-refractivity contribution in [1.82, 2.24) is 0 Å². The van der Waals surface area contributed by atoms with E-state index in [4.69, 9.17) is 81.3 Å². The van der Waals surface area contributed by atoms with Gasteiger partial charge in [0.25, 0.3) is 0 Å². The summed E-state index contributed by atoms with van der Waals surface area (Å²) in [7, 11) is -5.50. The van der Waals surface area contributed by atoms with Crippen molar-refractivity contribution in [3.05, 3.63) is 66.6 Å². The van der Waals surface area contributed by atoms with Gasteiger partial charge in [-0.05, 0) is 53.2 Å². The summed E-state index contributed by atoms with van der Waals surface area (Å²) in [5.41, 5.74) is -6.95. The average molecular weight is 755 g/mol. The number of alkyl halides is 2. The van der Waals surface area contributed by atoms with E-state index in [2.05, 4.69) is 0 Å². The molecule has 0 aromatic heterocycles.